The zero-order chi connectivity index (χ0) is 23.5. The number of ketones is 1. The summed E-state index contributed by atoms with van der Waals surface area (Å²) in [6.45, 7) is 0.659. The number of likely N-dealkylation sites (tertiary alicyclic amines) is 1. The van der Waals surface area contributed by atoms with Crippen LogP contribution in [-0.2, 0) is 16.1 Å². The molecular weight excluding hydrogens is 432 g/mol. The number of aromatic nitrogens is 2. The first-order valence-electron chi connectivity index (χ1n) is 10.2. The van der Waals surface area contributed by atoms with Gasteiger partial charge in [-0.25, -0.2) is 13.8 Å². The van der Waals surface area contributed by atoms with Crippen molar-refractivity contribution in [2.45, 2.75) is 19.0 Å². The number of imidazole rings is 1. The maximum Gasteiger partial charge on any atom is 0.295 e. The number of Topliss-reactive ketones (excluding diaryl/α,β-unsaturated/α-hetero) is 1. The fourth-order valence-corrected chi connectivity index (χ4v) is 3.94. The summed E-state index contributed by atoms with van der Waals surface area (Å²) in [5, 5.41) is 11.0. The SMILES string of the molecule is COc1ccc(C(O)=C2C(=O)C(=O)N(CCCn3ccnc3)[C@H]2c2ccccc2F)cc1F. The molecule has 1 saturated heterocycles. The van der Waals surface area contributed by atoms with E-state index in [1.807, 2.05) is 4.57 Å². The number of carbonyl (C=O) groups excluding carboxylic acids is 2. The van der Waals surface area contributed by atoms with Gasteiger partial charge in [-0.3, -0.25) is 9.59 Å². The number of hydrogen-bond donors (Lipinski definition) is 1. The van der Waals surface area contributed by atoms with Gasteiger partial charge in [-0.1, -0.05) is 18.2 Å². The molecule has 2 heterocycles. The van der Waals surface area contributed by atoms with Crippen LogP contribution in [0.25, 0.3) is 5.76 Å². The molecule has 2 aromatic carbocycles. The van der Waals surface area contributed by atoms with E-state index in [9.17, 15) is 23.5 Å². The van der Waals surface area contributed by atoms with Gasteiger partial charge in [-0.2, -0.15) is 0 Å². The van der Waals surface area contributed by atoms with Crippen molar-refractivity contribution in [3.8, 4) is 5.75 Å². The summed E-state index contributed by atoms with van der Waals surface area (Å²) in [6, 6.07) is 8.24. The normalized spacial score (nSPS) is 17.5. The minimum absolute atomic E-state index is 0.0222. The molecular formula is C24H21F2N3O4. The highest BCUT2D eigenvalue weighted by molar-refractivity contribution is 6.46. The number of aliphatic hydroxyl groups is 1. The minimum Gasteiger partial charge on any atom is -0.507 e. The Morgan fingerprint density at radius 3 is 2.58 bits per heavy atom. The van der Waals surface area contributed by atoms with Crippen LogP contribution in [0.3, 0.4) is 0 Å². The standard InChI is InChI=1S/C24H21F2N3O4/c1-33-19-8-7-15(13-18(19)26)22(30)20-21(16-5-2-3-6-17(16)25)29(24(32)23(20)31)11-4-10-28-12-9-27-14-28/h2-3,5-9,12-14,21,30H,4,10-11H2,1H3/t21-/m0/s1. The van der Waals surface area contributed by atoms with Crippen molar-refractivity contribution in [3.05, 3.63) is 89.5 Å². The zero-order valence-corrected chi connectivity index (χ0v) is 17.7. The first-order valence-corrected chi connectivity index (χ1v) is 10.2. The lowest BCUT2D eigenvalue weighted by atomic mass is 9.95. The Morgan fingerprint density at radius 2 is 1.91 bits per heavy atom. The smallest absolute Gasteiger partial charge is 0.295 e. The van der Waals surface area contributed by atoms with Crippen molar-refractivity contribution in [2.75, 3.05) is 13.7 Å². The lowest BCUT2D eigenvalue weighted by Crippen LogP contribution is -2.31. The summed E-state index contributed by atoms with van der Waals surface area (Å²) < 4.78 is 35.7. The number of aryl methyl sites for hydroxylation is 1. The summed E-state index contributed by atoms with van der Waals surface area (Å²) in [5.74, 6) is -3.82. The van der Waals surface area contributed by atoms with Crippen LogP contribution >= 0.6 is 0 Å². The number of benzene rings is 2. The number of halogens is 2. The van der Waals surface area contributed by atoms with Crippen LogP contribution in [0.15, 0.2) is 66.8 Å². The molecule has 1 aromatic heterocycles. The van der Waals surface area contributed by atoms with Crippen molar-refractivity contribution >= 4 is 17.4 Å². The van der Waals surface area contributed by atoms with E-state index in [4.69, 9.17) is 4.74 Å². The molecule has 4 rings (SSSR count). The first-order chi connectivity index (χ1) is 15.9. The van der Waals surface area contributed by atoms with Gasteiger partial charge >= 0.3 is 0 Å². The molecule has 7 nitrogen and oxygen atoms in total. The van der Waals surface area contributed by atoms with Gasteiger partial charge in [0.05, 0.1) is 25.1 Å². The van der Waals surface area contributed by atoms with Crippen LogP contribution in [0.2, 0.25) is 0 Å². The van der Waals surface area contributed by atoms with Gasteiger partial charge in [0.2, 0.25) is 0 Å². The highest BCUT2D eigenvalue weighted by atomic mass is 19.1. The third kappa shape index (κ3) is 4.21. The third-order valence-corrected chi connectivity index (χ3v) is 5.54. The first kappa shape index (κ1) is 22.2. The van der Waals surface area contributed by atoms with E-state index < -0.39 is 35.1 Å². The summed E-state index contributed by atoms with van der Waals surface area (Å²) in [7, 11) is 1.30. The molecule has 33 heavy (non-hydrogen) atoms. The number of carbonyl (C=O) groups is 2. The Morgan fingerprint density at radius 1 is 1.12 bits per heavy atom. The van der Waals surface area contributed by atoms with Gasteiger partial charge < -0.3 is 19.3 Å². The summed E-state index contributed by atoms with van der Waals surface area (Å²) in [4.78, 5) is 31.1. The zero-order valence-electron chi connectivity index (χ0n) is 17.7. The van der Waals surface area contributed by atoms with Crippen molar-refractivity contribution in [1.29, 1.82) is 0 Å². The van der Waals surface area contributed by atoms with Gasteiger partial charge in [0.25, 0.3) is 11.7 Å². The molecule has 0 unspecified atom stereocenters. The second kappa shape index (κ2) is 9.23. The van der Waals surface area contributed by atoms with Crippen molar-refractivity contribution in [3.63, 3.8) is 0 Å². The van der Waals surface area contributed by atoms with Gasteiger partial charge in [-0.05, 0) is 30.7 Å². The van der Waals surface area contributed by atoms with Crippen molar-refractivity contribution in [1.82, 2.24) is 14.5 Å². The topological polar surface area (TPSA) is 84.7 Å². The molecule has 170 valence electrons. The predicted octanol–water partition coefficient (Wildman–Crippen LogP) is 3.68. The molecule has 1 amide bonds. The number of methoxy groups -OCH3 is 1. The van der Waals surface area contributed by atoms with E-state index in [2.05, 4.69) is 4.98 Å². The number of hydrogen-bond acceptors (Lipinski definition) is 5. The molecule has 1 N–H and O–H groups in total. The molecule has 0 saturated carbocycles. The monoisotopic (exact) mass is 453 g/mol. The molecule has 9 heteroatoms. The summed E-state index contributed by atoms with van der Waals surface area (Å²) in [6.07, 6.45) is 5.48. The molecule has 1 aliphatic rings. The molecule has 1 fully saturated rings. The van der Waals surface area contributed by atoms with E-state index in [0.29, 0.717) is 13.0 Å². The van der Waals surface area contributed by atoms with E-state index >= 15 is 0 Å². The van der Waals surface area contributed by atoms with Gasteiger partial charge in [0.1, 0.15) is 11.6 Å². The summed E-state index contributed by atoms with van der Waals surface area (Å²) >= 11 is 0. The molecule has 1 atom stereocenters. The predicted molar refractivity (Wildman–Crippen MR) is 115 cm³/mol. The van der Waals surface area contributed by atoms with E-state index in [1.165, 1.54) is 42.3 Å². The third-order valence-electron chi connectivity index (χ3n) is 5.54. The van der Waals surface area contributed by atoms with E-state index in [0.717, 1.165) is 6.07 Å². The number of ether oxygens (including phenoxy) is 1. The lowest BCUT2D eigenvalue weighted by Gasteiger charge is -2.25. The fraction of sp³-hybridized carbons (Fsp3) is 0.208. The highest BCUT2D eigenvalue weighted by Gasteiger charge is 2.46. The Labute approximate surface area is 188 Å². The lowest BCUT2D eigenvalue weighted by molar-refractivity contribution is -0.140. The summed E-state index contributed by atoms with van der Waals surface area (Å²) in [5.41, 5.74) is -0.252. The van der Waals surface area contributed by atoms with Crippen molar-refractivity contribution in [2.24, 2.45) is 0 Å². The molecule has 0 spiro atoms. The average Bonchev–Trinajstić information content (AvgIpc) is 3.41. The van der Waals surface area contributed by atoms with Gasteiger partial charge in [0, 0.05) is 36.6 Å². The fourth-order valence-electron chi connectivity index (χ4n) is 3.94. The van der Waals surface area contributed by atoms with E-state index in [1.54, 1.807) is 24.8 Å². The van der Waals surface area contributed by atoms with Crippen LogP contribution in [0, 0.1) is 11.6 Å². The molecule has 0 aliphatic carbocycles. The Kier molecular flexibility index (Phi) is 6.21. The molecule has 0 radical (unpaired) electrons. The maximum atomic E-state index is 14.8. The second-order valence-electron chi connectivity index (χ2n) is 7.52. The quantitative estimate of drug-likeness (QED) is 0.335. The van der Waals surface area contributed by atoms with Gasteiger partial charge in [-0.15, -0.1) is 0 Å². The van der Waals surface area contributed by atoms with Crippen LogP contribution in [-0.4, -0.2) is 44.9 Å². The second-order valence-corrected chi connectivity index (χ2v) is 7.52. The maximum absolute atomic E-state index is 14.8. The number of amides is 1. The number of aliphatic hydroxyl groups excluding tert-OH is 1. The van der Waals surface area contributed by atoms with Gasteiger partial charge in [0.15, 0.2) is 11.6 Å². The highest BCUT2D eigenvalue weighted by Crippen LogP contribution is 2.40. The Hall–Kier alpha value is -4.01. The van der Waals surface area contributed by atoms with E-state index in [-0.39, 0.29) is 29.0 Å². The Bertz CT molecular complexity index is 1220. The molecule has 3 aromatic rings. The largest absolute Gasteiger partial charge is 0.507 e. The van der Waals surface area contributed by atoms with Crippen LogP contribution in [0.4, 0.5) is 8.78 Å². The minimum atomic E-state index is -1.15. The van der Waals surface area contributed by atoms with Crippen LogP contribution < -0.4 is 4.74 Å². The van der Waals surface area contributed by atoms with Crippen LogP contribution in [0.5, 0.6) is 5.75 Å². The Balaban J connectivity index is 1.76. The average molecular weight is 453 g/mol. The van der Waals surface area contributed by atoms with Crippen LogP contribution in [0.1, 0.15) is 23.6 Å². The molecule has 1 aliphatic heterocycles. The van der Waals surface area contributed by atoms with Crippen molar-refractivity contribution < 1.29 is 28.2 Å². The number of nitrogens with zero attached hydrogens (tertiary/aromatic N) is 3. The molecule has 0 bridgehead atoms. The number of rotatable bonds is 7.